The molecule has 0 atom stereocenters. The van der Waals surface area contributed by atoms with Crippen LogP contribution >= 0.6 is 0 Å². The highest BCUT2D eigenvalue weighted by atomic mass is 16.3. The van der Waals surface area contributed by atoms with Crippen LogP contribution in [0.2, 0.25) is 0 Å². The van der Waals surface area contributed by atoms with Gasteiger partial charge in [-0.2, -0.15) is 0 Å². The Morgan fingerprint density at radius 1 is 0.382 bits per heavy atom. The second kappa shape index (κ2) is 11.7. The summed E-state index contributed by atoms with van der Waals surface area (Å²) >= 11 is 0. The van der Waals surface area contributed by atoms with Gasteiger partial charge in [0.15, 0.2) is 0 Å². The number of nitrogens with zero attached hydrogens (tertiary/aromatic N) is 1. The molecule has 9 aromatic rings. The molecule has 0 spiro atoms. The molecule has 0 unspecified atom stereocenters. The van der Waals surface area contributed by atoms with Gasteiger partial charge in [0.05, 0.1) is 0 Å². The fraction of sp³-hybridized carbons (Fsp3) is 0.0943. The molecule has 0 saturated heterocycles. The number of hydrogen-bond donors (Lipinski definition) is 0. The summed E-state index contributed by atoms with van der Waals surface area (Å²) in [7, 11) is 0. The highest BCUT2D eigenvalue weighted by Gasteiger charge is 2.41. The van der Waals surface area contributed by atoms with Crippen LogP contribution in [-0.4, -0.2) is 0 Å². The summed E-state index contributed by atoms with van der Waals surface area (Å²) in [6.07, 6.45) is 0. The van der Waals surface area contributed by atoms with Gasteiger partial charge >= 0.3 is 0 Å². The second-order valence-electron chi connectivity index (χ2n) is 15.9. The van der Waals surface area contributed by atoms with Crippen molar-refractivity contribution in [2.24, 2.45) is 0 Å². The van der Waals surface area contributed by atoms with Gasteiger partial charge in [0.2, 0.25) is 0 Å². The Morgan fingerprint density at radius 3 is 1.64 bits per heavy atom. The third-order valence-corrected chi connectivity index (χ3v) is 12.6. The van der Waals surface area contributed by atoms with Gasteiger partial charge < -0.3 is 9.32 Å². The molecule has 2 aliphatic carbocycles. The summed E-state index contributed by atoms with van der Waals surface area (Å²) in [4.78, 5) is 2.37. The molecule has 262 valence electrons. The minimum atomic E-state index is -0.269. The third-order valence-electron chi connectivity index (χ3n) is 12.6. The first-order valence-electron chi connectivity index (χ1n) is 19.3. The van der Waals surface area contributed by atoms with Gasteiger partial charge in [0.1, 0.15) is 11.2 Å². The van der Waals surface area contributed by atoms with Crippen LogP contribution in [0.1, 0.15) is 48.6 Å². The molecule has 11 rings (SSSR count). The molecule has 0 aliphatic heterocycles. The topological polar surface area (TPSA) is 16.4 Å². The zero-order valence-electron chi connectivity index (χ0n) is 31.2. The fourth-order valence-electron chi connectivity index (χ4n) is 9.69. The van der Waals surface area contributed by atoms with E-state index in [1.165, 1.54) is 61.2 Å². The van der Waals surface area contributed by atoms with Crippen molar-refractivity contribution in [3.8, 4) is 33.4 Å². The first kappa shape index (κ1) is 31.8. The van der Waals surface area contributed by atoms with E-state index in [2.05, 4.69) is 208 Å². The van der Waals surface area contributed by atoms with E-state index in [0.29, 0.717) is 0 Å². The lowest BCUT2D eigenvalue weighted by Crippen LogP contribution is -2.22. The predicted octanol–water partition coefficient (Wildman–Crippen LogP) is 14.4. The largest absolute Gasteiger partial charge is 0.456 e. The quantitative estimate of drug-likeness (QED) is 0.177. The maximum Gasteiger partial charge on any atom is 0.137 e. The number of furan rings is 1. The van der Waals surface area contributed by atoms with E-state index < -0.39 is 0 Å². The van der Waals surface area contributed by atoms with E-state index in [1.54, 1.807) is 0 Å². The van der Waals surface area contributed by atoms with Crippen molar-refractivity contribution in [1.82, 2.24) is 0 Å². The zero-order valence-corrected chi connectivity index (χ0v) is 31.2. The molecule has 0 fully saturated rings. The van der Waals surface area contributed by atoms with Gasteiger partial charge in [0.25, 0.3) is 0 Å². The van der Waals surface area contributed by atoms with Crippen LogP contribution in [0.15, 0.2) is 186 Å². The number of benzene rings is 8. The van der Waals surface area contributed by atoms with Crippen molar-refractivity contribution in [3.05, 3.63) is 210 Å². The summed E-state index contributed by atoms with van der Waals surface area (Å²) in [5.74, 6) is 0. The number of hydrogen-bond acceptors (Lipinski definition) is 2. The minimum Gasteiger partial charge on any atom is -0.456 e. The normalized spacial score (nSPS) is 14.4. The molecule has 8 aromatic carbocycles. The Morgan fingerprint density at radius 2 is 0.927 bits per heavy atom. The molecule has 2 heteroatoms. The second-order valence-corrected chi connectivity index (χ2v) is 15.9. The van der Waals surface area contributed by atoms with Crippen molar-refractivity contribution >= 4 is 39.0 Å². The molecular formula is C53H39NO. The molecule has 0 N–H and O–H groups in total. The standard InChI is InChI=1S/C53H39NO/c1-52(2)46-18-10-7-15-40(46)43-28-26-38(32-49(43)52)54(37-24-21-35(22-25-37)34-13-5-4-6-14-34)39-27-29-44-45-31-36(23-30-50(45)55-51(44)33-39)53(3)47-19-11-8-16-41(47)42-17-9-12-20-48(42)53/h4-33H,1-3H3. The Balaban J connectivity index is 1.05. The highest BCUT2D eigenvalue weighted by molar-refractivity contribution is 6.07. The Kier molecular flexibility index (Phi) is 6.76. The van der Waals surface area contributed by atoms with Gasteiger partial charge in [-0.25, -0.2) is 0 Å². The lowest BCUT2D eigenvalue weighted by atomic mass is 9.74. The van der Waals surface area contributed by atoms with Crippen LogP contribution in [0.5, 0.6) is 0 Å². The summed E-state index contributed by atoms with van der Waals surface area (Å²) in [6.45, 7) is 7.06. The van der Waals surface area contributed by atoms with Crippen LogP contribution in [0.25, 0.3) is 55.3 Å². The van der Waals surface area contributed by atoms with E-state index in [0.717, 1.165) is 39.0 Å². The van der Waals surface area contributed by atoms with Gasteiger partial charge in [-0.1, -0.05) is 141 Å². The van der Waals surface area contributed by atoms with Crippen molar-refractivity contribution in [2.45, 2.75) is 31.6 Å². The van der Waals surface area contributed by atoms with Crippen LogP contribution in [0.4, 0.5) is 17.1 Å². The molecule has 0 saturated carbocycles. The third kappa shape index (κ3) is 4.61. The molecule has 0 amide bonds. The SMILES string of the molecule is CC1(C)c2ccccc2-c2ccc(N(c3ccc(-c4ccccc4)cc3)c3ccc4c(c3)oc3ccc(C5(C)c6ccccc6-c6ccccc65)cc34)cc21. The number of rotatable bonds is 5. The summed E-state index contributed by atoms with van der Waals surface area (Å²) < 4.78 is 6.70. The maximum atomic E-state index is 6.70. The summed E-state index contributed by atoms with van der Waals surface area (Å²) in [5.41, 5.74) is 19.0. The van der Waals surface area contributed by atoms with Crippen molar-refractivity contribution < 1.29 is 4.42 Å². The smallest absolute Gasteiger partial charge is 0.137 e. The summed E-state index contributed by atoms with van der Waals surface area (Å²) in [5, 5.41) is 2.26. The number of anilines is 3. The van der Waals surface area contributed by atoms with E-state index in [4.69, 9.17) is 4.42 Å². The molecule has 1 aromatic heterocycles. The van der Waals surface area contributed by atoms with E-state index >= 15 is 0 Å². The van der Waals surface area contributed by atoms with Gasteiger partial charge in [-0.05, 0) is 117 Å². The molecule has 0 bridgehead atoms. The molecule has 55 heavy (non-hydrogen) atoms. The first-order valence-corrected chi connectivity index (χ1v) is 19.3. The monoisotopic (exact) mass is 705 g/mol. The van der Waals surface area contributed by atoms with Gasteiger partial charge in [-0.3, -0.25) is 0 Å². The van der Waals surface area contributed by atoms with E-state index in [-0.39, 0.29) is 10.8 Å². The Labute approximate surface area is 322 Å². The highest BCUT2D eigenvalue weighted by Crippen LogP contribution is 2.54. The van der Waals surface area contributed by atoms with Gasteiger partial charge in [0, 0.05) is 44.7 Å². The van der Waals surface area contributed by atoms with Crippen molar-refractivity contribution in [2.75, 3.05) is 4.90 Å². The molecule has 0 radical (unpaired) electrons. The van der Waals surface area contributed by atoms with Crippen molar-refractivity contribution in [3.63, 3.8) is 0 Å². The number of fused-ring (bicyclic) bond motifs is 9. The minimum absolute atomic E-state index is 0.109. The molecule has 1 heterocycles. The van der Waals surface area contributed by atoms with Crippen LogP contribution in [0, 0.1) is 0 Å². The lowest BCUT2D eigenvalue weighted by Gasteiger charge is -2.28. The Hall–Kier alpha value is -6.64. The first-order chi connectivity index (χ1) is 26.9. The van der Waals surface area contributed by atoms with Crippen LogP contribution < -0.4 is 4.90 Å². The predicted molar refractivity (Wildman–Crippen MR) is 229 cm³/mol. The van der Waals surface area contributed by atoms with E-state index in [9.17, 15) is 0 Å². The van der Waals surface area contributed by atoms with Crippen LogP contribution in [0.3, 0.4) is 0 Å². The zero-order chi connectivity index (χ0) is 36.9. The van der Waals surface area contributed by atoms with Crippen molar-refractivity contribution in [1.29, 1.82) is 0 Å². The lowest BCUT2D eigenvalue weighted by molar-refractivity contribution is 0.660. The molecule has 2 aliphatic rings. The fourth-order valence-corrected chi connectivity index (χ4v) is 9.69. The molecular weight excluding hydrogens is 667 g/mol. The average molecular weight is 706 g/mol. The van der Waals surface area contributed by atoms with Gasteiger partial charge in [-0.15, -0.1) is 0 Å². The van der Waals surface area contributed by atoms with Crippen LogP contribution in [-0.2, 0) is 10.8 Å². The molecule has 2 nitrogen and oxygen atoms in total. The maximum absolute atomic E-state index is 6.70. The van der Waals surface area contributed by atoms with E-state index in [1.807, 2.05) is 0 Å². The Bertz CT molecular complexity index is 2920. The average Bonchev–Trinajstić information content (AvgIpc) is 3.81. The summed E-state index contributed by atoms with van der Waals surface area (Å²) in [6, 6.07) is 66.6.